The number of hydrogen-bond donors (Lipinski definition) is 1. The van der Waals surface area contributed by atoms with Crippen LogP contribution in [0.4, 0.5) is 10.2 Å². The van der Waals surface area contributed by atoms with Gasteiger partial charge in [0.2, 0.25) is 5.88 Å². The highest BCUT2D eigenvalue weighted by molar-refractivity contribution is 5.88. The fourth-order valence-corrected chi connectivity index (χ4v) is 5.83. The van der Waals surface area contributed by atoms with Crippen LogP contribution in [0.1, 0.15) is 18.5 Å². The third-order valence-corrected chi connectivity index (χ3v) is 7.98. The zero-order valence-corrected chi connectivity index (χ0v) is 21.9. The lowest BCUT2D eigenvalue weighted by Crippen LogP contribution is -2.57. The third-order valence-electron chi connectivity index (χ3n) is 7.98. The van der Waals surface area contributed by atoms with Crippen LogP contribution in [0, 0.1) is 11.7 Å². The topological polar surface area (TPSA) is 79.1 Å². The number of anilines is 1. The summed E-state index contributed by atoms with van der Waals surface area (Å²) in [5.74, 6) is 1.68. The molecule has 0 unspecified atom stereocenters. The van der Waals surface area contributed by atoms with E-state index in [4.69, 9.17) is 19.0 Å². The van der Waals surface area contributed by atoms with Crippen LogP contribution in [-0.2, 0) is 11.3 Å². The molecule has 9 nitrogen and oxygen atoms in total. The fourth-order valence-electron chi connectivity index (χ4n) is 5.83. The maximum atomic E-state index is 13.8. The van der Waals surface area contributed by atoms with Gasteiger partial charge >= 0.3 is 0 Å². The van der Waals surface area contributed by atoms with Crippen molar-refractivity contribution in [3.63, 3.8) is 0 Å². The maximum Gasteiger partial charge on any atom is 0.213 e. The number of nitrogens with zero attached hydrogens (tertiary/aromatic N) is 5. The van der Waals surface area contributed by atoms with E-state index in [2.05, 4.69) is 25.2 Å². The summed E-state index contributed by atoms with van der Waals surface area (Å²) in [6, 6.07) is 11.1. The minimum absolute atomic E-state index is 0.263. The molecule has 0 bridgehead atoms. The van der Waals surface area contributed by atoms with Gasteiger partial charge < -0.3 is 24.2 Å². The molecule has 0 radical (unpaired) electrons. The number of ether oxygens (including phenoxy) is 2. The standard InChI is InChI=1S/C28H37FN6O3/c29-22-5-7-26-25(16-22)28(32-38-26)35-11-10-34-18-21(4-6-24(34)19-35)20-37-27-3-1-2-23(31-27)17-30-8-9-33-12-14-36-15-13-33/h1-3,5,7,16,21,24,30H,4,6,8-15,17-20H2/t21-,24-/m1/s1. The van der Waals surface area contributed by atoms with Crippen molar-refractivity contribution in [1.29, 1.82) is 0 Å². The predicted molar refractivity (Wildman–Crippen MR) is 143 cm³/mol. The van der Waals surface area contributed by atoms with Crippen molar-refractivity contribution in [1.82, 2.24) is 25.3 Å². The van der Waals surface area contributed by atoms with E-state index in [1.807, 2.05) is 18.2 Å². The number of hydrogen-bond acceptors (Lipinski definition) is 9. The van der Waals surface area contributed by atoms with Crippen LogP contribution in [0.5, 0.6) is 5.88 Å². The van der Waals surface area contributed by atoms with Crippen molar-refractivity contribution in [3.05, 3.63) is 47.9 Å². The van der Waals surface area contributed by atoms with Crippen LogP contribution in [0.15, 0.2) is 40.9 Å². The molecule has 6 rings (SSSR count). The molecule has 3 aromatic rings. The summed E-state index contributed by atoms with van der Waals surface area (Å²) in [7, 11) is 0. The number of halogens is 1. The number of benzene rings is 1. The van der Waals surface area contributed by atoms with E-state index < -0.39 is 0 Å². The zero-order valence-electron chi connectivity index (χ0n) is 21.9. The molecule has 5 heterocycles. The molecule has 3 aliphatic heterocycles. The SMILES string of the molecule is Fc1ccc2onc(N3CCN4C[C@H](COc5cccc(CNCCN6CCOCC6)n5)CC[C@@H]4C3)c2c1. The first kappa shape index (κ1) is 25.5. The predicted octanol–water partition coefficient (Wildman–Crippen LogP) is 2.76. The van der Waals surface area contributed by atoms with E-state index in [1.54, 1.807) is 6.07 Å². The van der Waals surface area contributed by atoms with Gasteiger partial charge in [-0.1, -0.05) is 11.2 Å². The second-order valence-corrected chi connectivity index (χ2v) is 10.6. The number of fused-ring (bicyclic) bond motifs is 2. The molecule has 3 saturated heterocycles. The Hall–Kier alpha value is -2.79. The summed E-state index contributed by atoms with van der Waals surface area (Å²) in [5, 5.41) is 8.51. The summed E-state index contributed by atoms with van der Waals surface area (Å²) < 4.78 is 30.8. The van der Waals surface area contributed by atoms with Crippen LogP contribution >= 0.6 is 0 Å². The number of piperazine rings is 1. The normalized spacial score (nSPS) is 23.0. The Kier molecular flexibility index (Phi) is 8.01. The van der Waals surface area contributed by atoms with Crippen LogP contribution in [-0.4, -0.2) is 98.2 Å². The highest BCUT2D eigenvalue weighted by atomic mass is 19.1. The molecule has 3 fully saturated rings. The lowest BCUT2D eigenvalue weighted by Gasteiger charge is -2.46. The number of aromatic nitrogens is 2. The maximum absolute atomic E-state index is 13.8. The monoisotopic (exact) mass is 524 g/mol. The van der Waals surface area contributed by atoms with Gasteiger partial charge in [0.05, 0.1) is 30.9 Å². The molecule has 0 spiro atoms. The van der Waals surface area contributed by atoms with E-state index in [0.717, 1.165) is 102 Å². The Morgan fingerprint density at radius 1 is 1.05 bits per heavy atom. The molecule has 2 aromatic heterocycles. The van der Waals surface area contributed by atoms with Gasteiger partial charge in [0, 0.05) is 76.9 Å². The number of piperidine rings is 1. The summed E-state index contributed by atoms with van der Waals surface area (Å²) in [6.45, 7) is 10.8. The number of morpholine rings is 1. The Bertz CT molecular complexity index is 1200. The summed E-state index contributed by atoms with van der Waals surface area (Å²) in [6.07, 6.45) is 2.22. The third kappa shape index (κ3) is 6.09. The minimum Gasteiger partial charge on any atom is -0.477 e. The Balaban J connectivity index is 0.951. The lowest BCUT2D eigenvalue weighted by molar-refractivity contribution is 0.0384. The molecule has 1 N–H and O–H groups in total. The highest BCUT2D eigenvalue weighted by Crippen LogP contribution is 2.31. The second kappa shape index (κ2) is 11.9. The van der Waals surface area contributed by atoms with E-state index in [-0.39, 0.29) is 5.82 Å². The largest absolute Gasteiger partial charge is 0.477 e. The van der Waals surface area contributed by atoms with Crippen molar-refractivity contribution >= 4 is 16.8 Å². The van der Waals surface area contributed by atoms with Crippen LogP contribution in [0.3, 0.4) is 0 Å². The van der Waals surface area contributed by atoms with Gasteiger partial charge in [-0.25, -0.2) is 9.37 Å². The number of pyridine rings is 1. The average Bonchev–Trinajstić information content (AvgIpc) is 3.38. The average molecular weight is 525 g/mol. The molecule has 0 amide bonds. The van der Waals surface area contributed by atoms with Crippen LogP contribution < -0.4 is 15.0 Å². The molecule has 10 heteroatoms. The lowest BCUT2D eigenvalue weighted by atomic mass is 9.91. The molecule has 204 valence electrons. The van der Waals surface area contributed by atoms with Crippen LogP contribution in [0.2, 0.25) is 0 Å². The van der Waals surface area contributed by atoms with E-state index >= 15 is 0 Å². The molecule has 2 atom stereocenters. The van der Waals surface area contributed by atoms with Gasteiger partial charge in [0.15, 0.2) is 11.4 Å². The van der Waals surface area contributed by atoms with E-state index in [0.29, 0.717) is 30.0 Å². The van der Waals surface area contributed by atoms with E-state index in [9.17, 15) is 4.39 Å². The first-order valence-electron chi connectivity index (χ1n) is 13.8. The molecule has 3 aliphatic rings. The number of rotatable bonds is 9. The summed E-state index contributed by atoms with van der Waals surface area (Å²) in [4.78, 5) is 11.9. The minimum atomic E-state index is -0.263. The van der Waals surface area contributed by atoms with Crippen LogP contribution in [0.25, 0.3) is 11.0 Å². The van der Waals surface area contributed by atoms with Gasteiger partial charge in [0.1, 0.15) is 5.82 Å². The quantitative estimate of drug-likeness (QED) is 0.425. The van der Waals surface area contributed by atoms with Crippen molar-refractivity contribution < 1.29 is 18.4 Å². The molecule has 0 aliphatic carbocycles. The smallest absolute Gasteiger partial charge is 0.213 e. The number of nitrogens with one attached hydrogen (secondary N) is 1. The Morgan fingerprint density at radius 3 is 2.89 bits per heavy atom. The Labute approximate surface area is 222 Å². The van der Waals surface area contributed by atoms with Crippen molar-refractivity contribution in [2.75, 3.05) is 77.1 Å². The fraction of sp³-hybridized carbons (Fsp3) is 0.571. The molecule has 38 heavy (non-hydrogen) atoms. The second-order valence-electron chi connectivity index (χ2n) is 10.6. The zero-order chi connectivity index (χ0) is 25.7. The molecule has 0 saturated carbocycles. The first-order chi connectivity index (χ1) is 18.7. The molecule has 1 aromatic carbocycles. The van der Waals surface area contributed by atoms with Crippen molar-refractivity contribution in [2.24, 2.45) is 5.92 Å². The Morgan fingerprint density at radius 2 is 1.97 bits per heavy atom. The van der Waals surface area contributed by atoms with Gasteiger partial charge in [0.25, 0.3) is 0 Å². The molecular formula is C28H37FN6O3. The van der Waals surface area contributed by atoms with Crippen molar-refractivity contribution in [3.8, 4) is 5.88 Å². The molecular weight excluding hydrogens is 487 g/mol. The highest BCUT2D eigenvalue weighted by Gasteiger charge is 2.34. The van der Waals surface area contributed by atoms with Gasteiger partial charge in [-0.15, -0.1) is 0 Å². The summed E-state index contributed by atoms with van der Waals surface area (Å²) in [5.41, 5.74) is 1.63. The van der Waals surface area contributed by atoms with Gasteiger partial charge in [-0.2, -0.15) is 0 Å². The first-order valence-corrected chi connectivity index (χ1v) is 13.8. The van der Waals surface area contributed by atoms with Gasteiger partial charge in [-0.05, 0) is 37.1 Å². The van der Waals surface area contributed by atoms with E-state index in [1.165, 1.54) is 12.1 Å². The van der Waals surface area contributed by atoms with Crippen molar-refractivity contribution in [2.45, 2.75) is 25.4 Å². The summed E-state index contributed by atoms with van der Waals surface area (Å²) >= 11 is 0. The van der Waals surface area contributed by atoms with Gasteiger partial charge in [-0.3, -0.25) is 9.80 Å².